The number of hydrazine groups is 1. The molecular formula is C13H21N3O3. The van der Waals surface area contributed by atoms with Gasteiger partial charge in [0.25, 0.3) is 0 Å². The van der Waals surface area contributed by atoms with Crippen molar-refractivity contribution in [2.75, 3.05) is 28.3 Å². The second-order valence-electron chi connectivity index (χ2n) is 4.35. The smallest absolute Gasteiger partial charge is 0.236 e. The van der Waals surface area contributed by atoms with Gasteiger partial charge < -0.3 is 15.2 Å². The Morgan fingerprint density at radius 1 is 1.32 bits per heavy atom. The standard InChI is InChI=1S/C13H21N3O3/c1-16(2)15-13(17)8-10(14)9-5-6-11(18-3)12(7-9)19-4/h5-7,10H,8,14H2,1-4H3,(H,15,17). The van der Waals surface area contributed by atoms with Crippen molar-refractivity contribution in [3.63, 3.8) is 0 Å². The fourth-order valence-electron chi connectivity index (χ4n) is 1.70. The molecule has 0 aliphatic carbocycles. The lowest BCUT2D eigenvalue weighted by atomic mass is 10.0. The maximum atomic E-state index is 11.6. The molecular weight excluding hydrogens is 246 g/mol. The molecule has 3 N–H and O–H groups in total. The maximum Gasteiger partial charge on any atom is 0.236 e. The molecule has 0 aliphatic rings. The Morgan fingerprint density at radius 3 is 2.47 bits per heavy atom. The SMILES string of the molecule is COc1ccc(C(N)CC(=O)NN(C)C)cc1OC. The monoisotopic (exact) mass is 267 g/mol. The van der Waals surface area contributed by atoms with Gasteiger partial charge in [0.2, 0.25) is 5.91 Å². The minimum absolute atomic E-state index is 0.132. The molecule has 19 heavy (non-hydrogen) atoms. The summed E-state index contributed by atoms with van der Waals surface area (Å²) in [6.07, 6.45) is 0.202. The lowest BCUT2D eigenvalue weighted by Crippen LogP contribution is -2.37. The first-order valence-electron chi connectivity index (χ1n) is 5.92. The van der Waals surface area contributed by atoms with Crippen LogP contribution in [0.3, 0.4) is 0 Å². The second-order valence-corrected chi connectivity index (χ2v) is 4.35. The van der Waals surface area contributed by atoms with E-state index < -0.39 is 0 Å². The minimum atomic E-state index is -0.389. The predicted molar refractivity (Wildman–Crippen MR) is 72.9 cm³/mol. The van der Waals surface area contributed by atoms with E-state index in [0.717, 1.165) is 5.56 Å². The Kier molecular flexibility index (Phi) is 5.59. The van der Waals surface area contributed by atoms with E-state index >= 15 is 0 Å². The Morgan fingerprint density at radius 2 is 1.95 bits per heavy atom. The summed E-state index contributed by atoms with van der Waals surface area (Å²) in [5, 5.41) is 1.59. The zero-order chi connectivity index (χ0) is 14.4. The van der Waals surface area contributed by atoms with Gasteiger partial charge in [-0.05, 0) is 17.7 Å². The third-order valence-electron chi connectivity index (χ3n) is 2.59. The maximum absolute atomic E-state index is 11.6. The third-order valence-corrected chi connectivity index (χ3v) is 2.59. The topological polar surface area (TPSA) is 76.8 Å². The van der Waals surface area contributed by atoms with Gasteiger partial charge in [-0.1, -0.05) is 6.07 Å². The summed E-state index contributed by atoms with van der Waals surface area (Å²) in [5.41, 5.74) is 9.49. The van der Waals surface area contributed by atoms with Gasteiger partial charge in [0.1, 0.15) is 0 Å². The van der Waals surface area contributed by atoms with Crippen molar-refractivity contribution in [3.05, 3.63) is 23.8 Å². The van der Waals surface area contributed by atoms with Crippen molar-refractivity contribution < 1.29 is 14.3 Å². The molecule has 0 bridgehead atoms. The van der Waals surface area contributed by atoms with Crippen molar-refractivity contribution >= 4 is 5.91 Å². The van der Waals surface area contributed by atoms with Gasteiger partial charge in [0.05, 0.1) is 14.2 Å². The average molecular weight is 267 g/mol. The predicted octanol–water partition coefficient (Wildman–Crippen LogP) is 0.687. The summed E-state index contributed by atoms with van der Waals surface area (Å²) in [6.45, 7) is 0. The lowest BCUT2D eigenvalue weighted by molar-refractivity contribution is -0.125. The number of methoxy groups -OCH3 is 2. The molecule has 106 valence electrons. The van der Waals surface area contributed by atoms with Gasteiger partial charge in [-0.3, -0.25) is 10.2 Å². The van der Waals surface area contributed by atoms with Crippen LogP contribution in [0.4, 0.5) is 0 Å². The molecule has 0 fully saturated rings. The lowest BCUT2D eigenvalue weighted by Gasteiger charge is -2.16. The first kappa shape index (κ1) is 15.3. The molecule has 1 aromatic carbocycles. The number of hydrogen-bond acceptors (Lipinski definition) is 5. The van der Waals surface area contributed by atoms with Crippen molar-refractivity contribution in [3.8, 4) is 11.5 Å². The Hall–Kier alpha value is -1.79. The Labute approximate surface area is 113 Å². The Bertz CT molecular complexity index is 435. The quantitative estimate of drug-likeness (QED) is 0.741. The van der Waals surface area contributed by atoms with Crippen LogP contribution in [0.1, 0.15) is 18.0 Å². The molecule has 0 spiro atoms. The fourth-order valence-corrected chi connectivity index (χ4v) is 1.70. The van der Waals surface area contributed by atoms with E-state index in [1.165, 1.54) is 0 Å². The fraction of sp³-hybridized carbons (Fsp3) is 0.462. The average Bonchev–Trinajstić information content (AvgIpc) is 2.36. The number of carbonyl (C=O) groups is 1. The van der Waals surface area contributed by atoms with Gasteiger partial charge in [0, 0.05) is 26.6 Å². The zero-order valence-corrected chi connectivity index (χ0v) is 11.8. The highest BCUT2D eigenvalue weighted by Crippen LogP contribution is 2.30. The van der Waals surface area contributed by atoms with Gasteiger partial charge in [0.15, 0.2) is 11.5 Å². The summed E-state index contributed by atoms with van der Waals surface area (Å²) in [7, 11) is 6.63. The van der Waals surface area contributed by atoms with Gasteiger partial charge in [-0.2, -0.15) is 0 Å². The number of amides is 1. The molecule has 0 radical (unpaired) electrons. The number of benzene rings is 1. The van der Waals surface area contributed by atoms with E-state index in [2.05, 4.69) is 5.43 Å². The van der Waals surface area contributed by atoms with Crippen LogP contribution in [0, 0.1) is 0 Å². The molecule has 1 unspecified atom stereocenters. The first-order valence-corrected chi connectivity index (χ1v) is 5.92. The van der Waals surface area contributed by atoms with Crippen molar-refractivity contribution in [2.24, 2.45) is 5.73 Å². The van der Waals surface area contributed by atoms with Crippen molar-refractivity contribution in [1.29, 1.82) is 0 Å². The molecule has 0 heterocycles. The molecule has 6 heteroatoms. The Balaban J connectivity index is 2.77. The van der Waals surface area contributed by atoms with Crippen LogP contribution >= 0.6 is 0 Å². The molecule has 1 atom stereocenters. The number of nitrogens with two attached hydrogens (primary N) is 1. The third kappa shape index (κ3) is 4.42. The van der Waals surface area contributed by atoms with E-state index in [1.54, 1.807) is 45.5 Å². The largest absolute Gasteiger partial charge is 0.493 e. The highest BCUT2D eigenvalue weighted by atomic mass is 16.5. The number of hydrogen-bond donors (Lipinski definition) is 2. The van der Waals surface area contributed by atoms with Crippen molar-refractivity contribution in [1.82, 2.24) is 10.4 Å². The number of nitrogens with one attached hydrogen (secondary N) is 1. The summed E-state index contributed by atoms with van der Waals surface area (Å²) in [4.78, 5) is 11.6. The van der Waals surface area contributed by atoms with E-state index in [-0.39, 0.29) is 18.4 Å². The number of carbonyl (C=O) groups excluding carboxylic acids is 1. The van der Waals surface area contributed by atoms with Gasteiger partial charge in [-0.15, -0.1) is 0 Å². The molecule has 0 saturated heterocycles. The summed E-state index contributed by atoms with van der Waals surface area (Å²) in [5.74, 6) is 1.10. The molecule has 0 aromatic heterocycles. The zero-order valence-electron chi connectivity index (χ0n) is 11.8. The van der Waals surface area contributed by atoms with E-state index in [9.17, 15) is 4.79 Å². The molecule has 1 aromatic rings. The number of ether oxygens (including phenoxy) is 2. The molecule has 0 saturated carbocycles. The van der Waals surface area contributed by atoms with Crippen LogP contribution in [-0.4, -0.2) is 39.2 Å². The first-order chi connectivity index (χ1) is 8.97. The second kappa shape index (κ2) is 6.96. The molecule has 0 aliphatic heterocycles. The van der Waals surface area contributed by atoms with Crippen LogP contribution in [0.2, 0.25) is 0 Å². The van der Waals surface area contributed by atoms with E-state index in [4.69, 9.17) is 15.2 Å². The van der Waals surface area contributed by atoms with Crippen LogP contribution < -0.4 is 20.6 Å². The van der Waals surface area contributed by atoms with Crippen LogP contribution in [0.25, 0.3) is 0 Å². The van der Waals surface area contributed by atoms with Crippen LogP contribution in [0.15, 0.2) is 18.2 Å². The summed E-state index contributed by atoms with van der Waals surface area (Å²) >= 11 is 0. The summed E-state index contributed by atoms with van der Waals surface area (Å²) < 4.78 is 10.4. The molecule has 6 nitrogen and oxygen atoms in total. The minimum Gasteiger partial charge on any atom is -0.493 e. The van der Waals surface area contributed by atoms with E-state index in [0.29, 0.717) is 11.5 Å². The number of nitrogens with zero attached hydrogens (tertiary/aromatic N) is 1. The summed E-state index contributed by atoms with van der Waals surface area (Å²) in [6, 6.07) is 5.00. The van der Waals surface area contributed by atoms with Crippen LogP contribution in [0.5, 0.6) is 11.5 Å². The number of rotatable bonds is 6. The molecule has 1 amide bonds. The van der Waals surface area contributed by atoms with Gasteiger partial charge in [-0.25, -0.2) is 5.01 Å². The van der Waals surface area contributed by atoms with E-state index in [1.807, 2.05) is 6.07 Å². The highest BCUT2D eigenvalue weighted by Gasteiger charge is 2.14. The van der Waals surface area contributed by atoms with Gasteiger partial charge >= 0.3 is 0 Å². The molecule has 1 rings (SSSR count). The normalized spacial score (nSPS) is 12.1. The van der Waals surface area contributed by atoms with Crippen molar-refractivity contribution in [2.45, 2.75) is 12.5 Å². The van der Waals surface area contributed by atoms with Crippen LogP contribution in [-0.2, 0) is 4.79 Å². The highest BCUT2D eigenvalue weighted by molar-refractivity contribution is 5.76.